The van der Waals surface area contributed by atoms with Gasteiger partial charge in [0, 0.05) is 6.54 Å². The summed E-state index contributed by atoms with van der Waals surface area (Å²) in [4.78, 5) is 37.1. The SMILES string of the molecule is Cc1ccc(CNC(=O)c2ccccc2NC(=O)COC(=O)c2c(C)noc2C)cc1. The van der Waals surface area contributed by atoms with Crippen molar-refractivity contribution < 1.29 is 23.6 Å². The second kappa shape index (κ2) is 9.71. The van der Waals surface area contributed by atoms with Gasteiger partial charge in [0.15, 0.2) is 6.61 Å². The van der Waals surface area contributed by atoms with Crippen molar-refractivity contribution in [3.8, 4) is 0 Å². The summed E-state index contributed by atoms with van der Waals surface area (Å²) in [5, 5.41) is 9.13. The van der Waals surface area contributed by atoms with Gasteiger partial charge in [0.1, 0.15) is 11.3 Å². The fraction of sp³-hybridized carbons (Fsp3) is 0.217. The van der Waals surface area contributed by atoms with Crippen molar-refractivity contribution >= 4 is 23.5 Å². The highest BCUT2D eigenvalue weighted by molar-refractivity contribution is 6.04. The number of esters is 1. The summed E-state index contributed by atoms with van der Waals surface area (Å²) in [6, 6.07) is 14.4. The van der Waals surface area contributed by atoms with Crippen molar-refractivity contribution in [1.29, 1.82) is 0 Å². The Morgan fingerprint density at radius 1 is 1.00 bits per heavy atom. The van der Waals surface area contributed by atoms with Gasteiger partial charge in [-0.15, -0.1) is 0 Å². The van der Waals surface area contributed by atoms with Crippen LogP contribution in [0.15, 0.2) is 53.1 Å². The van der Waals surface area contributed by atoms with Gasteiger partial charge in [0.05, 0.1) is 16.9 Å². The number of hydrogen-bond donors (Lipinski definition) is 2. The van der Waals surface area contributed by atoms with Crippen molar-refractivity contribution in [3.05, 3.63) is 82.2 Å². The largest absolute Gasteiger partial charge is 0.452 e. The van der Waals surface area contributed by atoms with E-state index < -0.39 is 18.5 Å². The van der Waals surface area contributed by atoms with Gasteiger partial charge < -0.3 is 19.9 Å². The van der Waals surface area contributed by atoms with Crippen LogP contribution in [0.4, 0.5) is 5.69 Å². The number of hydrogen-bond acceptors (Lipinski definition) is 6. The molecule has 2 amide bonds. The topological polar surface area (TPSA) is 111 Å². The van der Waals surface area contributed by atoms with E-state index in [2.05, 4.69) is 15.8 Å². The Morgan fingerprint density at radius 3 is 2.39 bits per heavy atom. The molecule has 0 saturated carbocycles. The molecule has 0 atom stereocenters. The molecule has 31 heavy (non-hydrogen) atoms. The molecule has 0 bridgehead atoms. The lowest BCUT2D eigenvalue weighted by molar-refractivity contribution is -0.119. The summed E-state index contributed by atoms with van der Waals surface area (Å²) < 4.78 is 9.97. The number of ether oxygens (including phenoxy) is 1. The predicted octanol–water partition coefficient (Wildman–Crippen LogP) is 3.33. The molecule has 8 heteroatoms. The first-order valence-electron chi connectivity index (χ1n) is 9.67. The van der Waals surface area contributed by atoms with E-state index in [1.807, 2.05) is 31.2 Å². The fourth-order valence-electron chi connectivity index (χ4n) is 2.94. The van der Waals surface area contributed by atoms with E-state index in [9.17, 15) is 14.4 Å². The normalized spacial score (nSPS) is 10.4. The molecule has 0 aliphatic rings. The number of carbonyl (C=O) groups is 3. The van der Waals surface area contributed by atoms with Crippen LogP contribution in [-0.4, -0.2) is 29.5 Å². The molecule has 8 nitrogen and oxygen atoms in total. The standard InChI is InChI=1S/C23H23N3O5/c1-14-8-10-17(11-9-14)12-24-22(28)18-6-4-5-7-19(18)25-20(27)13-30-23(29)21-15(2)26-31-16(21)3/h4-11H,12-13H2,1-3H3,(H,24,28)(H,25,27). The number of rotatable bonds is 7. The van der Waals surface area contributed by atoms with Crippen LogP contribution in [-0.2, 0) is 16.1 Å². The predicted molar refractivity (Wildman–Crippen MR) is 114 cm³/mol. The minimum Gasteiger partial charge on any atom is -0.452 e. The van der Waals surface area contributed by atoms with Crippen molar-refractivity contribution in [3.63, 3.8) is 0 Å². The lowest BCUT2D eigenvalue weighted by Gasteiger charge is -2.12. The third-order valence-electron chi connectivity index (χ3n) is 4.59. The van der Waals surface area contributed by atoms with Gasteiger partial charge in [-0.05, 0) is 38.5 Å². The minimum atomic E-state index is -0.699. The molecule has 1 heterocycles. The maximum atomic E-state index is 12.6. The molecule has 0 spiro atoms. The average molecular weight is 421 g/mol. The summed E-state index contributed by atoms with van der Waals surface area (Å²) in [6.45, 7) is 5.03. The molecule has 0 aliphatic heterocycles. The van der Waals surface area contributed by atoms with Crippen LogP contribution in [0.3, 0.4) is 0 Å². The zero-order valence-electron chi connectivity index (χ0n) is 17.5. The number of aryl methyl sites for hydroxylation is 3. The summed E-state index contributed by atoms with van der Waals surface area (Å²) in [6.07, 6.45) is 0. The van der Waals surface area contributed by atoms with E-state index in [0.717, 1.165) is 11.1 Å². The van der Waals surface area contributed by atoms with Gasteiger partial charge in [-0.1, -0.05) is 47.1 Å². The quantitative estimate of drug-likeness (QED) is 0.566. The van der Waals surface area contributed by atoms with Gasteiger partial charge in [0.25, 0.3) is 11.8 Å². The molecule has 0 aliphatic carbocycles. The van der Waals surface area contributed by atoms with Crippen molar-refractivity contribution in [1.82, 2.24) is 10.5 Å². The van der Waals surface area contributed by atoms with Gasteiger partial charge in [-0.3, -0.25) is 9.59 Å². The number of nitrogens with one attached hydrogen (secondary N) is 2. The first kappa shape index (κ1) is 21.8. The number of para-hydroxylation sites is 1. The Balaban J connectivity index is 1.59. The van der Waals surface area contributed by atoms with Gasteiger partial charge in [0.2, 0.25) is 0 Å². The molecule has 0 unspecified atom stereocenters. The highest BCUT2D eigenvalue weighted by atomic mass is 16.5. The van der Waals surface area contributed by atoms with E-state index >= 15 is 0 Å². The van der Waals surface area contributed by atoms with Crippen molar-refractivity contribution in [2.24, 2.45) is 0 Å². The molecule has 160 valence electrons. The van der Waals surface area contributed by atoms with Crippen LogP contribution >= 0.6 is 0 Å². The average Bonchev–Trinajstić information content (AvgIpc) is 3.10. The number of aromatic nitrogens is 1. The highest BCUT2D eigenvalue weighted by Gasteiger charge is 2.20. The number of amides is 2. The van der Waals surface area contributed by atoms with Gasteiger partial charge in [-0.25, -0.2) is 4.79 Å². The zero-order chi connectivity index (χ0) is 22.4. The molecular weight excluding hydrogens is 398 g/mol. The second-order valence-electron chi connectivity index (χ2n) is 7.04. The summed E-state index contributed by atoms with van der Waals surface area (Å²) >= 11 is 0. The van der Waals surface area contributed by atoms with Crippen LogP contribution in [0.1, 0.15) is 43.3 Å². The summed E-state index contributed by atoms with van der Waals surface area (Å²) in [7, 11) is 0. The summed E-state index contributed by atoms with van der Waals surface area (Å²) in [5.74, 6) is -1.28. The lowest BCUT2D eigenvalue weighted by atomic mass is 10.1. The number of anilines is 1. The molecular formula is C23H23N3O5. The smallest absolute Gasteiger partial charge is 0.344 e. The van der Waals surface area contributed by atoms with Crippen LogP contribution < -0.4 is 10.6 Å². The molecule has 3 aromatic rings. The third-order valence-corrected chi connectivity index (χ3v) is 4.59. The molecule has 0 fully saturated rings. The van der Waals surface area contributed by atoms with Crippen molar-refractivity contribution in [2.75, 3.05) is 11.9 Å². The maximum Gasteiger partial charge on any atom is 0.344 e. The fourth-order valence-corrected chi connectivity index (χ4v) is 2.94. The molecule has 0 saturated heterocycles. The Kier molecular flexibility index (Phi) is 6.81. The van der Waals surface area contributed by atoms with Crippen LogP contribution in [0.5, 0.6) is 0 Å². The Bertz CT molecular complexity index is 1080. The first-order valence-corrected chi connectivity index (χ1v) is 9.67. The van der Waals surface area contributed by atoms with Crippen LogP contribution in [0, 0.1) is 20.8 Å². The Labute approximate surface area is 179 Å². The highest BCUT2D eigenvalue weighted by Crippen LogP contribution is 2.16. The van der Waals surface area contributed by atoms with Gasteiger partial charge in [-0.2, -0.15) is 0 Å². The summed E-state index contributed by atoms with van der Waals surface area (Å²) in [5.41, 5.74) is 3.31. The Hall–Kier alpha value is -3.94. The van der Waals surface area contributed by atoms with E-state index in [1.165, 1.54) is 0 Å². The van der Waals surface area contributed by atoms with Gasteiger partial charge >= 0.3 is 5.97 Å². The zero-order valence-corrected chi connectivity index (χ0v) is 17.5. The minimum absolute atomic E-state index is 0.198. The van der Waals surface area contributed by atoms with E-state index in [4.69, 9.17) is 9.26 Å². The number of carbonyl (C=O) groups excluding carboxylic acids is 3. The Morgan fingerprint density at radius 2 is 1.71 bits per heavy atom. The molecule has 2 aromatic carbocycles. The van der Waals surface area contributed by atoms with E-state index in [0.29, 0.717) is 29.2 Å². The van der Waals surface area contributed by atoms with E-state index in [1.54, 1.807) is 38.1 Å². The molecule has 3 rings (SSSR count). The first-order chi connectivity index (χ1) is 14.8. The third kappa shape index (κ3) is 5.57. The van der Waals surface area contributed by atoms with Crippen molar-refractivity contribution in [2.45, 2.75) is 27.3 Å². The van der Waals surface area contributed by atoms with Crippen LogP contribution in [0.2, 0.25) is 0 Å². The maximum absolute atomic E-state index is 12.6. The number of nitrogens with zero attached hydrogens (tertiary/aromatic N) is 1. The number of benzene rings is 2. The second-order valence-corrected chi connectivity index (χ2v) is 7.04. The lowest BCUT2D eigenvalue weighted by Crippen LogP contribution is -2.26. The monoisotopic (exact) mass is 421 g/mol. The molecule has 2 N–H and O–H groups in total. The van der Waals surface area contributed by atoms with E-state index in [-0.39, 0.29) is 11.5 Å². The molecule has 0 radical (unpaired) electrons. The molecule has 1 aromatic heterocycles. The van der Waals surface area contributed by atoms with Crippen LogP contribution in [0.25, 0.3) is 0 Å².